The summed E-state index contributed by atoms with van der Waals surface area (Å²) in [5.41, 5.74) is 7.66. The van der Waals surface area contributed by atoms with E-state index in [1.807, 2.05) is 11.3 Å². The largest absolute Gasteiger partial charge is 0.323 e. The lowest BCUT2D eigenvalue weighted by Crippen LogP contribution is -2.09. The van der Waals surface area contributed by atoms with E-state index in [0.717, 1.165) is 6.42 Å². The van der Waals surface area contributed by atoms with Crippen LogP contribution in [0.1, 0.15) is 79.6 Å². The van der Waals surface area contributed by atoms with Gasteiger partial charge in [0.15, 0.2) is 0 Å². The van der Waals surface area contributed by atoms with Crippen molar-refractivity contribution in [1.29, 1.82) is 0 Å². The van der Waals surface area contributed by atoms with Crippen LogP contribution in [0.25, 0.3) is 0 Å². The van der Waals surface area contributed by atoms with Crippen LogP contribution in [0.15, 0.2) is 6.07 Å². The maximum atomic E-state index is 6.28. The van der Waals surface area contributed by atoms with Gasteiger partial charge < -0.3 is 5.73 Å². The van der Waals surface area contributed by atoms with Crippen LogP contribution in [-0.2, 0) is 0 Å². The van der Waals surface area contributed by atoms with E-state index >= 15 is 0 Å². The minimum Gasteiger partial charge on any atom is -0.323 e. The van der Waals surface area contributed by atoms with Crippen LogP contribution in [0.3, 0.4) is 0 Å². The molecule has 0 fully saturated rings. The number of hydrogen-bond donors (Lipinski definition) is 1. The van der Waals surface area contributed by atoms with E-state index in [0.29, 0.717) is 0 Å². The third kappa shape index (κ3) is 5.53. The van der Waals surface area contributed by atoms with E-state index in [-0.39, 0.29) is 6.04 Å². The number of nitrogens with two attached hydrogens (primary N) is 1. The second kappa shape index (κ2) is 8.71. The number of aryl methyl sites for hydroxylation is 2. The summed E-state index contributed by atoms with van der Waals surface area (Å²) in [5.74, 6) is 0. The SMILES string of the molecule is CCCCCCCCCC(N)c1sc(C)cc1C. The van der Waals surface area contributed by atoms with E-state index in [2.05, 4.69) is 26.8 Å². The lowest BCUT2D eigenvalue weighted by atomic mass is 10.0. The van der Waals surface area contributed by atoms with Gasteiger partial charge >= 0.3 is 0 Å². The second-order valence-corrected chi connectivity index (χ2v) is 6.71. The Morgan fingerprint density at radius 2 is 1.67 bits per heavy atom. The molecule has 2 heteroatoms. The average molecular weight is 267 g/mol. The fourth-order valence-electron chi connectivity index (χ4n) is 2.48. The Hall–Kier alpha value is -0.340. The standard InChI is InChI=1S/C16H29NS/c1-4-5-6-7-8-9-10-11-15(17)16-13(2)12-14(3)18-16/h12,15H,4-11,17H2,1-3H3. The van der Waals surface area contributed by atoms with Crippen LogP contribution in [0, 0.1) is 13.8 Å². The zero-order chi connectivity index (χ0) is 13.4. The number of thiophene rings is 1. The molecule has 1 nitrogen and oxygen atoms in total. The quantitative estimate of drug-likeness (QED) is 0.587. The van der Waals surface area contributed by atoms with Crippen LogP contribution < -0.4 is 5.73 Å². The van der Waals surface area contributed by atoms with Crippen molar-refractivity contribution in [2.75, 3.05) is 0 Å². The molecule has 0 saturated heterocycles. The molecular weight excluding hydrogens is 238 g/mol. The first-order valence-electron chi connectivity index (χ1n) is 7.47. The summed E-state index contributed by atoms with van der Waals surface area (Å²) in [7, 11) is 0. The third-order valence-electron chi connectivity index (χ3n) is 3.53. The zero-order valence-electron chi connectivity index (χ0n) is 12.3. The Bertz CT molecular complexity index is 330. The molecule has 18 heavy (non-hydrogen) atoms. The minimum atomic E-state index is 0.263. The molecular formula is C16H29NS. The average Bonchev–Trinajstić information content (AvgIpc) is 2.67. The van der Waals surface area contributed by atoms with Crippen molar-refractivity contribution in [2.45, 2.75) is 78.2 Å². The highest BCUT2D eigenvalue weighted by Crippen LogP contribution is 2.29. The smallest absolute Gasteiger partial charge is 0.0392 e. The monoisotopic (exact) mass is 267 g/mol. The maximum Gasteiger partial charge on any atom is 0.0392 e. The van der Waals surface area contributed by atoms with Crippen molar-refractivity contribution < 1.29 is 0 Å². The van der Waals surface area contributed by atoms with E-state index < -0.39 is 0 Å². The lowest BCUT2D eigenvalue weighted by molar-refractivity contribution is 0.543. The van der Waals surface area contributed by atoms with Gasteiger partial charge in [-0.15, -0.1) is 11.3 Å². The predicted octanol–water partition coefficient (Wildman–Crippen LogP) is 5.51. The van der Waals surface area contributed by atoms with Gasteiger partial charge in [0.25, 0.3) is 0 Å². The van der Waals surface area contributed by atoms with E-state index in [9.17, 15) is 0 Å². The summed E-state index contributed by atoms with van der Waals surface area (Å²) in [5, 5.41) is 0. The molecule has 1 rings (SSSR count). The predicted molar refractivity (Wildman–Crippen MR) is 83.3 cm³/mol. The van der Waals surface area contributed by atoms with Crippen LogP contribution in [0.5, 0.6) is 0 Å². The molecule has 1 unspecified atom stereocenters. The fourth-order valence-corrected chi connectivity index (χ4v) is 3.55. The summed E-state index contributed by atoms with van der Waals surface area (Å²) >= 11 is 1.87. The summed E-state index contributed by atoms with van der Waals surface area (Å²) in [6.07, 6.45) is 10.7. The number of hydrogen-bond acceptors (Lipinski definition) is 2. The van der Waals surface area contributed by atoms with Crippen molar-refractivity contribution >= 4 is 11.3 Å². The summed E-state index contributed by atoms with van der Waals surface area (Å²) < 4.78 is 0. The van der Waals surface area contributed by atoms with Crippen LogP contribution in [-0.4, -0.2) is 0 Å². The Labute approximate surface area is 117 Å². The molecule has 0 radical (unpaired) electrons. The lowest BCUT2D eigenvalue weighted by Gasteiger charge is -2.10. The first-order valence-corrected chi connectivity index (χ1v) is 8.29. The first kappa shape index (κ1) is 15.7. The molecule has 1 aromatic heterocycles. The van der Waals surface area contributed by atoms with Crippen molar-refractivity contribution in [3.63, 3.8) is 0 Å². The molecule has 0 aliphatic heterocycles. The van der Waals surface area contributed by atoms with E-state index in [1.165, 1.54) is 60.3 Å². The highest BCUT2D eigenvalue weighted by molar-refractivity contribution is 7.12. The van der Waals surface area contributed by atoms with Gasteiger partial charge in [0.2, 0.25) is 0 Å². The molecule has 2 N–H and O–H groups in total. The third-order valence-corrected chi connectivity index (χ3v) is 4.82. The molecule has 0 spiro atoms. The Morgan fingerprint density at radius 1 is 1.06 bits per heavy atom. The number of unbranched alkanes of at least 4 members (excludes halogenated alkanes) is 6. The molecule has 0 amide bonds. The van der Waals surface area contributed by atoms with Crippen LogP contribution in [0.4, 0.5) is 0 Å². The van der Waals surface area contributed by atoms with Crippen molar-refractivity contribution in [3.8, 4) is 0 Å². The molecule has 104 valence electrons. The highest BCUT2D eigenvalue weighted by Gasteiger charge is 2.11. The molecule has 1 heterocycles. The second-order valence-electron chi connectivity index (χ2n) is 5.42. The Balaban J connectivity index is 2.14. The van der Waals surface area contributed by atoms with E-state index in [1.54, 1.807) is 0 Å². The van der Waals surface area contributed by atoms with Gasteiger partial charge in [0.1, 0.15) is 0 Å². The van der Waals surface area contributed by atoms with Crippen LogP contribution in [0.2, 0.25) is 0 Å². The molecule has 1 aromatic rings. The van der Waals surface area contributed by atoms with Gasteiger partial charge in [-0.1, -0.05) is 51.9 Å². The van der Waals surface area contributed by atoms with Crippen molar-refractivity contribution in [1.82, 2.24) is 0 Å². The van der Waals surface area contributed by atoms with Crippen molar-refractivity contribution in [2.24, 2.45) is 5.73 Å². The molecule has 0 aliphatic carbocycles. The summed E-state index contributed by atoms with van der Waals surface area (Å²) in [6.45, 7) is 6.62. The Morgan fingerprint density at radius 3 is 2.22 bits per heavy atom. The van der Waals surface area contributed by atoms with Gasteiger partial charge in [-0.25, -0.2) is 0 Å². The minimum absolute atomic E-state index is 0.263. The van der Waals surface area contributed by atoms with Gasteiger partial charge in [0, 0.05) is 15.8 Å². The maximum absolute atomic E-state index is 6.28. The van der Waals surface area contributed by atoms with E-state index in [4.69, 9.17) is 5.73 Å². The molecule has 0 bridgehead atoms. The Kier molecular flexibility index (Phi) is 7.60. The zero-order valence-corrected chi connectivity index (χ0v) is 13.1. The normalized spacial score (nSPS) is 12.9. The molecule has 0 aliphatic rings. The fraction of sp³-hybridized carbons (Fsp3) is 0.750. The molecule has 1 atom stereocenters. The number of rotatable bonds is 9. The summed E-state index contributed by atoms with van der Waals surface area (Å²) in [6, 6.07) is 2.52. The van der Waals surface area contributed by atoms with Gasteiger partial charge in [-0.2, -0.15) is 0 Å². The van der Waals surface area contributed by atoms with Crippen molar-refractivity contribution in [3.05, 3.63) is 21.4 Å². The molecule has 0 aromatic carbocycles. The van der Waals surface area contributed by atoms with Gasteiger partial charge in [-0.3, -0.25) is 0 Å². The highest BCUT2D eigenvalue weighted by atomic mass is 32.1. The summed E-state index contributed by atoms with van der Waals surface area (Å²) in [4.78, 5) is 2.79. The van der Waals surface area contributed by atoms with Crippen LogP contribution >= 0.6 is 11.3 Å². The topological polar surface area (TPSA) is 26.0 Å². The first-order chi connectivity index (χ1) is 8.65. The van der Waals surface area contributed by atoms with Gasteiger partial charge in [-0.05, 0) is 31.9 Å². The molecule has 0 saturated carbocycles. The van der Waals surface area contributed by atoms with Gasteiger partial charge in [0.05, 0.1) is 0 Å².